The van der Waals surface area contributed by atoms with Crippen LogP contribution in [-0.2, 0) is 19.6 Å². The van der Waals surface area contributed by atoms with E-state index in [1.54, 1.807) is 20.9 Å². The summed E-state index contributed by atoms with van der Waals surface area (Å²) in [7, 11) is -2.17. The summed E-state index contributed by atoms with van der Waals surface area (Å²) >= 11 is 0. The molecular weight excluding hydrogens is 380 g/mol. The molecule has 158 valence electrons. The Morgan fingerprint density at radius 3 is 2.39 bits per heavy atom. The maximum absolute atomic E-state index is 13.1. The zero-order valence-electron chi connectivity index (χ0n) is 17.1. The maximum atomic E-state index is 13.1. The van der Waals surface area contributed by atoms with Crippen molar-refractivity contribution in [1.82, 2.24) is 14.5 Å². The van der Waals surface area contributed by atoms with Crippen LogP contribution in [0.15, 0.2) is 12.3 Å². The number of morpholine rings is 1. The van der Waals surface area contributed by atoms with Crippen LogP contribution in [0.5, 0.6) is 0 Å². The van der Waals surface area contributed by atoms with Gasteiger partial charge in [0.15, 0.2) is 4.87 Å². The second-order valence-corrected chi connectivity index (χ2v) is 10.0. The number of nitrogens with zero attached hydrogens (tertiary/aromatic N) is 3. The van der Waals surface area contributed by atoms with Gasteiger partial charge in [-0.05, 0) is 39.5 Å². The molecule has 1 N–H and O–H groups in total. The third-order valence-corrected chi connectivity index (χ3v) is 8.21. The van der Waals surface area contributed by atoms with Gasteiger partial charge in [0.2, 0.25) is 15.9 Å². The van der Waals surface area contributed by atoms with E-state index in [1.165, 1.54) is 4.90 Å². The largest absolute Gasteiger partial charge is 0.378 e. The molecule has 0 aromatic heterocycles. The minimum absolute atomic E-state index is 0.0533. The SMILES string of the molecule is C=C(C)N(C)C(C)(CC#N)S(=O)(=O)NC1CCC(C(=O)N2CCOCC2)CC1. The van der Waals surface area contributed by atoms with Crippen LogP contribution in [0.4, 0.5) is 0 Å². The zero-order valence-corrected chi connectivity index (χ0v) is 17.9. The van der Waals surface area contributed by atoms with Gasteiger partial charge >= 0.3 is 0 Å². The van der Waals surface area contributed by atoms with Crippen molar-refractivity contribution < 1.29 is 17.9 Å². The molecule has 0 radical (unpaired) electrons. The molecule has 2 aliphatic rings. The first-order chi connectivity index (χ1) is 13.1. The van der Waals surface area contributed by atoms with Crippen LogP contribution in [0.1, 0.15) is 46.0 Å². The lowest BCUT2D eigenvalue weighted by Gasteiger charge is -2.40. The molecule has 1 saturated carbocycles. The molecule has 0 aromatic rings. The Balaban J connectivity index is 1.99. The standard InChI is InChI=1S/C19H32N4O4S/c1-15(2)22(4)19(3,9-10-20)28(25,26)21-17-7-5-16(6-8-17)18(24)23-11-13-27-14-12-23/h16-17,21H,1,5-9,11-14H2,2-4H3. The van der Waals surface area contributed by atoms with Gasteiger partial charge in [-0.15, -0.1) is 0 Å². The molecule has 1 amide bonds. The first kappa shape index (κ1) is 22.7. The summed E-state index contributed by atoms with van der Waals surface area (Å²) < 4.78 is 34.3. The summed E-state index contributed by atoms with van der Waals surface area (Å²) in [5.41, 5.74) is 0.572. The molecule has 28 heavy (non-hydrogen) atoms. The lowest BCUT2D eigenvalue weighted by atomic mass is 9.85. The van der Waals surface area contributed by atoms with E-state index in [-0.39, 0.29) is 24.3 Å². The van der Waals surface area contributed by atoms with Crippen molar-refractivity contribution in [3.63, 3.8) is 0 Å². The number of rotatable bonds is 7. The molecule has 2 rings (SSSR count). The monoisotopic (exact) mass is 412 g/mol. The van der Waals surface area contributed by atoms with Gasteiger partial charge in [0.1, 0.15) is 0 Å². The average Bonchev–Trinajstić information content (AvgIpc) is 2.67. The Labute approximate surface area is 168 Å². The number of sulfonamides is 1. The fraction of sp³-hybridized carbons (Fsp3) is 0.789. The van der Waals surface area contributed by atoms with Crippen molar-refractivity contribution in [1.29, 1.82) is 5.26 Å². The topological polar surface area (TPSA) is 103 Å². The van der Waals surface area contributed by atoms with Crippen LogP contribution >= 0.6 is 0 Å². The zero-order chi connectivity index (χ0) is 20.9. The molecular formula is C19H32N4O4S. The second-order valence-electron chi connectivity index (χ2n) is 7.91. The van der Waals surface area contributed by atoms with Crippen molar-refractivity contribution in [2.45, 2.75) is 56.9 Å². The number of carbonyl (C=O) groups is 1. The summed E-state index contributed by atoms with van der Waals surface area (Å²) in [5.74, 6) is 0.100. The van der Waals surface area contributed by atoms with Gasteiger partial charge in [-0.25, -0.2) is 13.1 Å². The van der Waals surface area contributed by atoms with Crippen molar-refractivity contribution in [3.05, 3.63) is 12.3 Å². The molecule has 1 atom stereocenters. The van der Waals surface area contributed by atoms with Gasteiger partial charge in [-0.3, -0.25) is 4.79 Å². The quantitative estimate of drug-likeness (QED) is 0.678. The number of hydrogen-bond acceptors (Lipinski definition) is 6. The summed E-state index contributed by atoms with van der Waals surface area (Å²) in [4.78, 5) is 14.6. The fourth-order valence-corrected chi connectivity index (χ4v) is 5.49. The minimum atomic E-state index is -3.81. The molecule has 9 heteroatoms. The number of hydrogen-bond donors (Lipinski definition) is 1. The lowest BCUT2D eigenvalue weighted by Crippen LogP contribution is -2.56. The molecule has 1 aliphatic heterocycles. The molecule has 1 saturated heterocycles. The Kier molecular flexibility index (Phi) is 7.48. The number of carbonyl (C=O) groups excluding carboxylic acids is 1. The van der Waals surface area contributed by atoms with E-state index >= 15 is 0 Å². The number of ether oxygens (including phenoxy) is 1. The van der Waals surface area contributed by atoms with Gasteiger partial charge in [0.05, 0.1) is 25.7 Å². The number of allylic oxidation sites excluding steroid dienone is 1. The number of amides is 1. The molecule has 2 fully saturated rings. The first-order valence-electron chi connectivity index (χ1n) is 9.77. The van der Waals surface area contributed by atoms with Crippen molar-refractivity contribution >= 4 is 15.9 Å². The van der Waals surface area contributed by atoms with Crippen LogP contribution in [-0.4, -0.2) is 68.4 Å². The smallest absolute Gasteiger partial charge is 0.236 e. The second kappa shape index (κ2) is 9.25. The van der Waals surface area contributed by atoms with Crippen LogP contribution < -0.4 is 4.72 Å². The molecule has 0 aromatic carbocycles. The highest BCUT2D eigenvalue weighted by Gasteiger charge is 2.44. The van der Waals surface area contributed by atoms with E-state index in [2.05, 4.69) is 11.3 Å². The third-order valence-electron chi connectivity index (χ3n) is 5.99. The van der Waals surface area contributed by atoms with Crippen LogP contribution in [0.2, 0.25) is 0 Å². The van der Waals surface area contributed by atoms with Gasteiger partial charge in [0, 0.05) is 37.8 Å². The van der Waals surface area contributed by atoms with Gasteiger partial charge in [-0.2, -0.15) is 5.26 Å². The summed E-state index contributed by atoms with van der Waals surface area (Å²) in [5, 5.41) is 9.17. The van der Waals surface area contributed by atoms with Gasteiger partial charge in [0.25, 0.3) is 0 Å². The van der Waals surface area contributed by atoms with Crippen LogP contribution in [0.25, 0.3) is 0 Å². The highest BCUT2D eigenvalue weighted by atomic mass is 32.2. The molecule has 0 spiro atoms. The molecule has 1 aliphatic carbocycles. The lowest BCUT2D eigenvalue weighted by molar-refractivity contribution is -0.140. The van der Waals surface area contributed by atoms with Gasteiger partial charge < -0.3 is 14.5 Å². The summed E-state index contributed by atoms with van der Waals surface area (Å²) in [6, 6.07) is 1.76. The predicted molar refractivity (Wildman–Crippen MR) is 106 cm³/mol. The number of nitrogens with one attached hydrogen (secondary N) is 1. The highest BCUT2D eigenvalue weighted by molar-refractivity contribution is 7.90. The van der Waals surface area contributed by atoms with Crippen molar-refractivity contribution in [2.75, 3.05) is 33.4 Å². The first-order valence-corrected chi connectivity index (χ1v) is 11.3. The highest BCUT2D eigenvalue weighted by Crippen LogP contribution is 2.31. The number of nitriles is 1. The van der Waals surface area contributed by atoms with E-state index in [0.717, 1.165) is 0 Å². The van der Waals surface area contributed by atoms with Gasteiger partial charge in [-0.1, -0.05) is 6.58 Å². The predicted octanol–water partition coefficient (Wildman–Crippen LogP) is 1.42. The van der Waals surface area contributed by atoms with E-state index in [9.17, 15) is 18.5 Å². The summed E-state index contributed by atoms with van der Waals surface area (Å²) in [6.45, 7) is 9.49. The van der Waals surface area contributed by atoms with Crippen LogP contribution in [0.3, 0.4) is 0 Å². The Hall–Kier alpha value is -1.63. The van der Waals surface area contributed by atoms with Crippen LogP contribution in [0, 0.1) is 17.2 Å². The van der Waals surface area contributed by atoms with Crippen molar-refractivity contribution in [2.24, 2.45) is 5.92 Å². The maximum Gasteiger partial charge on any atom is 0.236 e. The Bertz CT molecular complexity index is 719. The van der Waals surface area contributed by atoms with E-state index in [1.807, 2.05) is 11.0 Å². The van der Waals surface area contributed by atoms with Crippen molar-refractivity contribution in [3.8, 4) is 6.07 Å². The average molecular weight is 413 g/mol. The Morgan fingerprint density at radius 1 is 1.32 bits per heavy atom. The van der Waals surface area contributed by atoms with E-state index in [0.29, 0.717) is 57.7 Å². The van der Waals surface area contributed by atoms with E-state index < -0.39 is 14.9 Å². The fourth-order valence-electron chi connectivity index (χ4n) is 3.79. The summed E-state index contributed by atoms with van der Waals surface area (Å²) in [6.07, 6.45) is 2.37. The molecule has 8 nitrogen and oxygen atoms in total. The molecule has 1 unspecified atom stereocenters. The Morgan fingerprint density at radius 2 is 1.89 bits per heavy atom. The minimum Gasteiger partial charge on any atom is -0.378 e. The normalized spacial score (nSPS) is 25.4. The van der Waals surface area contributed by atoms with E-state index in [4.69, 9.17) is 4.74 Å². The molecule has 1 heterocycles. The molecule has 0 bridgehead atoms. The third kappa shape index (κ3) is 4.85.